The van der Waals surface area contributed by atoms with Crippen LogP contribution in [0, 0.1) is 0 Å². The fourth-order valence-electron chi connectivity index (χ4n) is 2.23. The van der Waals surface area contributed by atoms with Gasteiger partial charge >= 0.3 is 12.1 Å². The first kappa shape index (κ1) is 14.1. The highest BCUT2D eigenvalue weighted by molar-refractivity contribution is 5.95. The first-order valence-corrected chi connectivity index (χ1v) is 6.98. The minimum absolute atomic E-state index is 0.406. The van der Waals surface area contributed by atoms with E-state index in [9.17, 15) is 9.59 Å². The summed E-state index contributed by atoms with van der Waals surface area (Å²) in [5.41, 5.74) is 2.03. The lowest BCUT2D eigenvalue weighted by atomic mass is 10.1. The predicted octanol–water partition coefficient (Wildman–Crippen LogP) is 2.44. The number of amides is 1. The average molecular weight is 297 g/mol. The van der Waals surface area contributed by atoms with Crippen LogP contribution in [-0.2, 0) is 22.6 Å². The summed E-state index contributed by atoms with van der Waals surface area (Å²) in [4.78, 5) is 22.3. The van der Waals surface area contributed by atoms with Gasteiger partial charge in [0, 0.05) is 6.42 Å². The van der Waals surface area contributed by atoms with E-state index in [4.69, 9.17) is 4.74 Å². The van der Waals surface area contributed by atoms with E-state index >= 15 is 0 Å². The van der Waals surface area contributed by atoms with Crippen LogP contribution in [0.4, 0.5) is 4.79 Å². The van der Waals surface area contributed by atoms with Crippen molar-refractivity contribution in [3.63, 3.8) is 0 Å². The van der Waals surface area contributed by atoms with Crippen LogP contribution in [0.15, 0.2) is 54.6 Å². The highest BCUT2D eigenvalue weighted by Gasteiger charge is 2.32. The molecule has 0 radical (unpaired) electrons. The number of carbonyl (C=O) groups is 2. The zero-order valence-electron chi connectivity index (χ0n) is 11.8. The van der Waals surface area contributed by atoms with Gasteiger partial charge in [-0.15, -0.1) is 0 Å². The summed E-state index contributed by atoms with van der Waals surface area (Å²) < 4.78 is 10.1. The van der Waals surface area contributed by atoms with Gasteiger partial charge in [0.15, 0.2) is 0 Å². The highest BCUT2D eigenvalue weighted by Crippen LogP contribution is 2.16. The van der Waals surface area contributed by atoms with Gasteiger partial charge in [0.25, 0.3) is 0 Å². The second kappa shape index (κ2) is 6.30. The molecule has 1 atom stereocenters. The Morgan fingerprint density at radius 3 is 2.32 bits per heavy atom. The molecule has 2 aromatic carbocycles. The summed E-state index contributed by atoms with van der Waals surface area (Å²) in [7, 11) is 0. The van der Waals surface area contributed by atoms with Crippen LogP contribution in [0.3, 0.4) is 0 Å². The standard InChI is InChI=1S/C17H15NO4/c19-16-15(18-17(20)22-16)10-12-6-8-14(9-7-12)21-11-13-4-2-1-3-5-13/h1-9,15H,10-11H2,(H,18,20). The van der Waals surface area contributed by atoms with Gasteiger partial charge in [0.2, 0.25) is 0 Å². The van der Waals surface area contributed by atoms with Crippen molar-refractivity contribution in [3.05, 3.63) is 65.7 Å². The normalized spacial score (nSPS) is 17.0. The number of esters is 1. The number of carbonyl (C=O) groups excluding carboxylic acids is 2. The number of hydrogen-bond donors (Lipinski definition) is 1. The second-order valence-electron chi connectivity index (χ2n) is 5.03. The van der Waals surface area contributed by atoms with Crippen molar-refractivity contribution < 1.29 is 19.1 Å². The Kier molecular flexibility index (Phi) is 4.05. The zero-order valence-corrected chi connectivity index (χ0v) is 11.8. The Bertz CT molecular complexity index is 667. The monoisotopic (exact) mass is 297 g/mol. The average Bonchev–Trinajstić information content (AvgIpc) is 2.85. The lowest BCUT2D eigenvalue weighted by Crippen LogP contribution is -2.30. The van der Waals surface area contributed by atoms with Crippen LogP contribution >= 0.6 is 0 Å². The van der Waals surface area contributed by atoms with Crippen LogP contribution in [-0.4, -0.2) is 18.1 Å². The van der Waals surface area contributed by atoms with E-state index in [1.807, 2.05) is 54.6 Å². The highest BCUT2D eigenvalue weighted by atomic mass is 16.6. The second-order valence-corrected chi connectivity index (χ2v) is 5.03. The summed E-state index contributed by atoms with van der Waals surface area (Å²) in [6.45, 7) is 0.505. The van der Waals surface area contributed by atoms with Crippen molar-refractivity contribution in [2.45, 2.75) is 19.1 Å². The molecule has 112 valence electrons. The molecular weight excluding hydrogens is 282 g/mol. The van der Waals surface area contributed by atoms with E-state index in [-0.39, 0.29) is 0 Å². The van der Waals surface area contributed by atoms with Crippen LogP contribution in [0.5, 0.6) is 5.75 Å². The topological polar surface area (TPSA) is 64.6 Å². The third kappa shape index (κ3) is 3.44. The summed E-state index contributed by atoms with van der Waals surface area (Å²) in [6, 6.07) is 16.7. The fourth-order valence-corrected chi connectivity index (χ4v) is 2.23. The maximum atomic E-state index is 11.4. The van der Waals surface area contributed by atoms with Crippen molar-refractivity contribution in [2.24, 2.45) is 0 Å². The quantitative estimate of drug-likeness (QED) is 0.680. The smallest absolute Gasteiger partial charge is 0.415 e. The van der Waals surface area contributed by atoms with Gasteiger partial charge in [-0.3, -0.25) is 0 Å². The van der Waals surface area contributed by atoms with Crippen molar-refractivity contribution >= 4 is 12.1 Å². The molecule has 1 fully saturated rings. The molecule has 1 aliphatic heterocycles. The summed E-state index contributed by atoms with van der Waals surface area (Å²) in [5.74, 6) is 0.222. The van der Waals surface area contributed by atoms with E-state index in [0.717, 1.165) is 16.9 Å². The van der Waals surface area contributed by atoms with Gasteiger partial charge in [-0.2, -0.15) is 0 Å². The molecular formula is C17H15NO4. The minimum Gasteiger partial charge on any atom is -0.489 e. The van der Waals surface area contributed by atoms with Crippen molar-refractivity contribution in [2.75, 3.05) is 0 Å². The number of cyclic esters (lactones) is 2. The Morgan fingerprint density at radius 2 is 1.68 bits per heavy atom. The molecule has 0 aromatic heterocycles. The lowest BCUT2D eigenvalue weighted by molar-refractivity contribution is -0.135. The van der Waals surface area contributed by atoms with Gasteiger partial charge < -0.3 is 14.8 Å². The Morgan fingerprint density at radius 1 is 0.955 bits per heavy atom. The van der Waals surface area contributed by atoms with Crippen LogP contribution in [0.25, 0.3) is 0 Å². The number of hydrogen-bond acceptors (Lipinski definition) is 4. The molecule has 0 spiro atoms. The third-order valence-electron chi connectivity index (χ3n) is 3.38. The predicted molar refractivity (Wildman–Crippen MR) is 79.3 cm³/mol. The number of nitrogens with one attached hydrogen (secondary N) is 1. The molecule has 1 amide bonds. The zero-order chi connectivity index (χ0) is 15.4. The molecule has 5 heteroatoms. The van der Waals surface area contributed by atoms with Crippen molar-refractivity contribution in [1.82, 2.24) is 5.32 Å². The molecule has 0 aliphatic carbocycles. The molecule has 1 N–H and O–H groups in total. The van der Waals surface area contributed by atoms with E-state index < -0.39 is 18.1 Å². The van der Waals surface area contributed by atoms with Crippen molar-refractivity contribution in [1.29, 1.82) is 0 Å². The maximum Gasteiger partial charge on any atom is 0.415 e. The summed E-state index contributed by atoms with van der Waals surface area (Å²) in [5, 5.41) is 2.47. The SMILES string of the molecule is O=C1NC(Cc2ccc(OCc3ccccc3)cc2)C(=O)O1. The first-order chi connectivity index (χ1) is 10.7. The van der Waals surface area contributed by atoms with Crippen LogP contribution in [0.1, 0.15) is 11.1 Å². The molecule has 1 saturated heterocycles. The molecule has 1 aliphatic rings. The molecule has 3 rings (SSSR count). The Hall–Kier alpha value is -2.82. The maximum absolute atomic E-state index is 11.4. The van der Waals surface area contributed by atoms with Crippen molar-refractivity contribution in [3.8, 4) is 5.75 Å². The minimum atomic E-state index is -0.683. The third-order valence-corrected chi connectivity index (χ3v) is 3.38. The van der Waals surface area contributed by atoms with E-state index in [1.165, 1.54) is 0 Å². The summed E-state index contributed by atoms with van der Waals surface area (Å²) in [6.07, 6.45) is -0.276. The molecule has 1 heterocycles. The van der Waals surface area contributed by atoms with E-state index in [2.05, 4.69) is 10.1 Å². The lowest BCUT2D eigenvalue weighted by Gasteiger charge is -2.09. The Labute approximate surface area is 127 Å². The van der Waals surface area contributed by atoms with Crippen LogP contribution < -0.4 is 10.1 Å². The fraction of sp³-hybridized carbons (Fsp3) is 0.176. The Balaban J connectivity index is 1.56. The molecule has 0 saturated carbocycles. The number of ether oxygens (including phenoxy) is 2. The molecule has 2 aromatic rings. The van der Waals surface area contributed by atoms with E-state index in [1.54, 1.807) is 0 Å². The number of alkyl carbamates (subject to hydrolysis) is 1. The van der Waals surface area contributed by atoms with Crippen LogP contribution in [0.2, 0.25) is 0 Å². The molecule has 5 nitrogen and oxygen atoms in total. The van der Waals surface area contributed by atoms with Gasteiger partial charge in [0.1, 0.15) is 18.4 Å². The van der Waals surface area contributed by atoms with E-state index in [0.29, 0.717) is 13.0 Å². The van der Waals surface area contributed by atoms with Gasteiger partial charge in [-0.05, 0) is 23.3 Å². The number of rotatable bonds is 5. The first-order valence-electron chi connectivity index (χ1n) is 6.98. The molecule has 22 heavy (non-hydrogen) atoms. The number of benzene rings is 2. The van der Waals surface area contributed by atoms with Gasteiger partial charge in [-0.25, -0.2) is 9.59 Å². The largest absolute Gasteiger partial charge is 0.489 e. The molecule has 0 bridgehead atoms. The van der Waals surface area contributed by atoms with Gasteiger partial charge in [0.05, 0.1) is 0 Å². The summed E-state index contributed by atoms with van der Waals surface area (Å²) >= 11 is 0. The molecule has 1 unspecified atom stereocenters. The van der Waals surface area contributed by atoms with Gasteiger partial charge in [-0.1, -0.05) is 42.5 Å².